The molecule has 2 N–H and O–H groups in total. The molecular formula is C19H21ClF4IN5. The number of anilines is 1. The van der Waals surface area contributed by atoms with Gasteiger partial charge in [0.05, 0.1) is 17.1 Å². The minimum Gasteiger partial charge on any atom is -0.357 e. The lowest BCUT2D eigenvalue weighted by atomic mass is 10.2. The Morgan fingerprint density at radius 3 is 2.60 bits per heavy atom. The summed E-state index contributed by atoms with van der Waals surface area (Å²) in [6.07, 6.45) is 2.42. The highest BCUT2D eigenvalue weighted by Crippen LogP contribution is 2.26. The topological polar surface area (TPSA) is 52.6 Å². The van der Waals surface area contributed by atoms with E-state index in [0.29, 0.717) is 30.5 Å². The van der Waals surface area contributed by atoms with Crippen molar-refractivity contribution in [1.82, 2.24) is 15.6 Å². The van der Waals surface area contributed by atoms with Crippen molar-refractivity contribution in [2.24, 2.45) is 4.99 Å². The van der Waals surface area contributed by atoms with E-state index in [1.54, 1.807) is 18.3 Å². The standard InChI is InChI=1S/C19H20ClF4N5.HI/c1-2-25-19(27-9-12-16(23)14(21)8-15(22)17(12)24)28-11-5-7-29(10-11)18-13(20)4-3-6-26-18;/h3-4,6,8,11H,2,5,7,9-10H2,1H3,(H2,25,27,28);1H. The summed E-state index contributed by atoms with van der Waals surface area (Å²) in [5.74, 6) is -4.83. The predicted molar refractivity (Wildman–Crippen MR) is 120 cm³/mol. The fourth-order valence-corrected chi connectivity index (χ4v) is 3.35. The second-order valence-electron chi connectivity index (χ2n) is 6.53. The SMILES string of the molecule is CCNC(=NCc1c(F)c(F)cc(F)c1F)NC1CCN(c2ncccc2Cl)C1.I. The van der Waals surface area contributed by atoms with Gasteiger partial charge in [0.2, 0.25) is 0 Å². The number of guanidine groups is 1. The smallest absolute Gasteiger partial charge is 0.191 e. The molecule has 0 amide bonds. The van der Waals surface area contributed by atoms with Crippen LogP contribution in [0.2, 0.25) is 5.02 Å². The minimum atomic E-state index is -1.45. The summed E-state index contributed by atoms with van der Waals surface area (Å²) in [6, 6.07) is 3.67. The molecule has 0 bridgehead atoms. The van der Waals surface area contributed by atoms with Gasteiger partial charge in [0.15, 0.2) is 29.2 Å². The first-order valence-corrected chi connectivity index (χ1v) is 9.50. The molecule has 0 spiro atoms. The number of aromatic nitrogens is 1. The van der Waals surface area contributed by atoms with Gasteiger partial charge in [-0.3, -0.25) is 0 Å². The van der Waals surface area contributed by atoms with Gasteiger partial charge in [-0.1, -0.05) is 11.6 Å². The fourth-order valence-electron chi connectivity index (χ4n) is 3.11. The van der Waals surface area contributed by atoms with Crippen LogP contribution < -0.4 is 15.5 Å². The van der Waals surface area contributed by atoms with E-state index in [4.69, 9.17) is 11.6 Å². The van der Waals surface area contributed by atoms with Crippen LogP contribution in [0.3, 0.4) is 0 Å². The summed E-state index contributed by atoms with van der Waals surface area (Å²) in [4.78, 5) is 10.4. The second kappa shape index (κ2) is 11.0. The number of rotatable bonds is 5. The van der Waals surface area contributed by atoms with Crippen molar-refractivity contribution in [2.45, 2.75) is 25.9 Å². The normalized spacial score (nSPS) is 16.4. The molecule has 164 valence electrons. The maximum atomic E-state index is 13.8. The number of aliphatic imine (C=N–C) groups is 1. The molecular weight excluding hydrogens is 537 g/mol. The van der Waals surface area contributed by atoms with E-state index < -0.39 is 35.4 Å². The van der Waals surface area contributed by atoms with Crippen molar-refractivity contribution in [3.05, 3.63) is 58.3 Å². The molecule has 1 unspecified atom stereocenters. The van der Waals surface area contributed by atoms with E-state index >= 15 is 0 Å². The van der Waals surface area contributed by atoms with Gasteiger partial charge in [-0.15, -0.1) is 24.0 Å². The van der Waals surface area contributed by atoms with E-state index in [2.05, 4.69) is 20.6 Å². The van der Waals surface area contributed by atoms with E-state index in [-0.39, 0.29) is 42.0 Å². The van der Waals surface area contributed by atoms with Crippen LogP contribution in [-0.2, 0) is 6.54 Å². The highest BCUT2D eigenvalue weighted by molar-refractivity contribution is 14.0. The molecule has 2 heterocycles. The third-order valence-corrected chi connectivity index (χ3v) is 4.80. The van der Waals surface area contributed by atoms with Crippen molar-refractivity contribution in [3.63, 3.8) is 0 Å². The zero-order valence-corrected chi connectivity index (χ0v) is 19.1. The number of nitrogens with zero attached hydrogens (tertiary/aromatic N) is 3. The van der Waals surface area contributed by atoms with E-state index in [0.717, 1.165) is 6.42 Å². The average molecular weight is 558 g/mol. The van der Waals surface area contributed by atoms with Crippen LogP contribution >= 0.6 is 35.6 Å². The molecule has 1 aliphatic rings. The van der Waals surface area contributed by atoms with Crippen LogP contribution in [0.1, 0.15) is 18.9 Å². The van der Waals surface area contributed by atoms with E-state index in [1.807, 2.05) is 11.8 Å². The first-order chi connectivity index (χ1) is 13.9. The molecule has 3 rings (SSSR count). The maximum Gasteiger partial charge on any atom is 0.191 e. The van der Waals surface area contributed by atoms with Gasteiger partial charge in [-0.25, -0.2) is 27.5 Å². The third-order valence-electron chi connectivity index (χ3n) is 4.51. The van der Waals surface area contributed by atoms with Crippen molar-refractivity contribution in [1.29, 1.82) is 0 Å². The molecule has 0 aliphatic carbocycles. The third kappa shape index (κ3) is 5.65. The Morgan fingerprint density at radius 2 is 1.97 bits per heavy atom. The highest BCUT2D eigenvalue weighted by atomic mass is 127. The molecule has 1 aromatic heterocycles. The Hall–Kier alpha value is -1.82. The van der Waals surface area contributed by atoms with Crippen LogP contribution in [0.5, 0.6) is 0 Å². The van der Waals surface area contributed by atoms with E-state index in [1.165, 1.54) is 0 Å². The van der Waals surface area contributed by atoms with Crippen LogP contribution in [0.4, 0.5) is 23.4 Å². The van der Waals surface area contributed by atoms with Crippen molar-refractivity contribution in [2.75, 3.05) is 24.5 Å². The first-order valence-electron chi connectivity index (χ1n) is 9.12. The molecule has 11 heteroatoms. The number of benzene rings is 1. The van der Waals surface area contributed by atoms with Crippen molar-refractivity contribution >= 4 is 47.4 Å². The Kier molecular flexibility index (Phi) is 8.95. The zero-order valence-electron chi connectivity index (χ0n) is 16.1. The Labute approximate surface area is 193 Å². The lowest BCUT2D eigenvalue weighted by Gasteiger charge is -2.20. The van der Waals surface area contributed by atoms with Crippen molar-refractivity contribution in [3.8, 4) is 0 Å². The lowest BCUT2D eigenvalue weighted by molar-refractivity contribution is 0.439. The first kappa shape index (κ1) is 24.4. The summed E-state index contributed by atoms with van der Waals surface area (Å²) in [5, 5.41) is 6.68. The molecule has 30 heavy (non-hydrogen) atoms. The van der Waals surface area contributed by atoms with E-state index in [9.17, 15) is 17.6 Å². The maximum absolute atomic E-state index is 13.8. The quantitative estimate of drug-likeness (QED) is 0.190. The summed E-state index contributed by atoms with van der Waals surface area (Å²) in [7, 11) is 0. The number of hydrogen-bond donors (Lipinski definition) is 2. The van der Waals surface area contributed by atoms with Crippen LogP contribution in [-0.4, -0.2) is 36.6 Å². The Bertz CT molecular complexity index is 888. The molecule has 1 fully saturated rings. The predicted octanol–water partition coefficient (Wildman–Crippen LogP) is 4.24. The molecule has 0 saturated carbocycles. The van der Waals surface area contributed by atoms with Crippen LogP contribution in [0.15, 0.2) is 29.4 Å². The molecule has 5 nitrogen and oxygen atoms in total. The second-order valence-corrected chi connectivity index (χ2v) is 6.93. The summed E-state index contributed by atoms with van der Waals surface area (Å²) in [5.41, 5.74) is -0.756. The molecule has 1 aromatic carbocycles. The monoisotopic (exact) mass is 557 g/mol. The van der Waals surface area contributed by atoms with Crippen LogP contribution in [0.25, 0.3) is 0 Å². The lowest BCUT2D eigenvalue weighted by Crippen LogP contribution is -2.44. The highest BCUT2D eigenvalue weighted by Gasteiger charge is 2.26. The number of hydrogen-bond acceptors (Lipinski definition) is 3. The summed E-state index contributed by atoms with van der Waals surface area (Å²) >= 11 is 6.19. The molecule has 0 radical (unpaired) electrons. The minimum absolute atomic E-state index is 0. The molecule has 2 aromatic rings. The Balaban J connectivity index is 0.00000320. The van der Waals surface area contributed by atoms with Gasteiger partial charge >= 0.3 is 0 Å². The van der Waals surface area contributed by atoms with Gasteiger partial charge in [-0.05, 0) is 25.5 Å². The summed E-state index contributed by atoms with van der Waals surface area (Å²) < 4.78 is 54.4. The molecule has 1 aliphatic heterocycles. The van der Waals surface area contributed by atoms with Gasteiger partial charge in [0.25, 0.3) is 0 Å². The van der Waals surface area contributed by atoms with Gasteiger partial charge in [0.1, 0.15) is 5.82 Å². The molecule has 1 saturated heterocycles. The zero-order chi connectivity index (χ0) is 21.0. The van der Waals surface area contributed by atoms with Gasteiger partial charge < -0.3 is 15.5 Å². The average Bonchev–Trinajstić information content (AvgIpc) is 3.15. The van der Waals surface area contributed by atoms with Gasteiger partial charge in [-0.2, -0.15) is 0 Å². The largest absolute Gasteiger partial charge is 0.357 e. The number of halogens is 6. The number of pyridine rings is 1. The summed E-state index contributed by atoms with van der Waals surface area (Å²) in [6.45, 7) is 3.08. The number of nitrogens with one attached hydrogen (secondary N) is 2. The molecule has 1 atom stereocenters. The Morgan fingerprint density at radius 1 is 1.27 bits per heavy atom. The van der Waals surface area contributed by atoms with Crippen molar-refractivity contribution < 1.29 is 17.6 Å². The van der Waals surface area contributed by atoms with Gasteiger partial charge in [0, 0.05) is 37.9 Å². The van der Waals surface area contributed by atoms with Crippen LogP contribution in [0, 0.1) is 23.3 Å². The fraction of sp³-hybridized carbons (Fsp3) is 0.368.